The van der Waals surface area contributed by atoms with Gasteiger partial charge < -0.3 is 15.2 Å². The summed E-state index contributed by atoms with van der Waals surface area (Å²) >= 11 is 0. The molecule has 0 spiro atoms. The van der Waals surface area contributed by atoms with E-state index in [0.717, 1.165) is 0 Å². The number of carbonyl (C=O) groups excluding carboxylic acids is 2. The molecule has 1 fully saturated rings. The van der Waals surface area contributed by atoms with Crippen LogP contribution in [0.2, 0.25) is 0 Å². The average molecular weight is 195 g/mol. The highest BCUT2D eigenvalue weighted by Gasteiger charge is 2.27. The van der Waals surface area contributed by atoms with Crippen molar-refractivity contribution in [3.8, 4) is 0 Å². The summed E-state index contributed by atoms with van der Waals surface area (Å²) in [7, 11) is 0. The number of nitrogens with zero attached hydrogens (tertiary/aromatic N) is 1. The number of rotatable bonds is 2. The number of anilines is 1. The predicted molar refractivity (Wildman–Crippen MR) is 46.2 cm³/mol. The molecule has 0 aliphatic carbocycles. The molecular formula is C8H9N3O3. The molecule has 2 amide bonds. The number of carbonyl (C=O) groups is 2. The van der Waals surface area contributed by atoms with E-state index in [0.29, 0.717) is 12.2 Å². The highest BCUT2D eigenvalue weighted by Crippen LogP contribution is 2.12. The SMILES string of the molecule is O=C1CC(C(=O)Nc2cnoc2)CN1. The van der Waals surface area contributed by atoms with E-state index in [1.807, 2.05) is 0 Å². The van der Waals surface area contributed by atoms with Crippen molar-refractivity contribution in [3.63, 3.8) is 0 Å². The summed E-state index contributed by atoms with van der Waals surface area (Å²) in [6, 6.07) is 0. The Kier molecular flexibility index (Phi) is 2.18. The van der Waals surface area contributed by atoms with E-state index in [1.165, 1.54) is 12.5 Å². The highest BCUT2D eigenvalue weighted by molar-refractivity contribution is 5.96. The zero-order valence-electron chi connectivity index (χ0n) is 7.32. The lowest BCUT2D eigenvalue weighted by atomic mass is 10.1. The Hall–Kier alpha value is -1.85. The largest absolute Gasteiger partial charge is 0.363 e. The molecule has 1 aromatic heterocycles. The molecule has 2 heterocycles. The zero-order valence-corrected chi connectivity index (χ0v) is 7.32. The molecule has 1 aliphatic rings. The normalized spacial score (nSPS) is 20.6. The summed E-state index contributed by atoms with van der Waals surface area (Å²) in [5, 5.41) is 8.63. The van der Waals surface area contributed by atoms with Gasteiger partial charge in [0.1, 0.15) is 12.0 Å². The van der Waals surface area contributed by atoms with Gasteiger partial charge in [-0.2, -0.15) is 0 Å². The van der Waals surface area contributed by atoms with Crippen LogP contribution in [-0.4, -0.2) is 23.5 Å². The van der Waals surface area contributed by atoms with Crippen LogP contribution in [0, 0.1) is 5.92 Å². The lowest BCUT2D eigenvalue weighted by Gasteiger charge is -2.05. The number of nitrogens with one attached hydrogen (secondary N) is 2. The summed E-state index contributed by atoms with van der Waals surface area (Å²) in [6.07, 6.45) is 2.99. The standard InChI is InChI=1S/C8H9N3O3/c12-7-1-5(2-9-7)8(13)11-6-3-10-14-4-6/h3-5H,1-2H2,(H,9,12)(H,11,13). The molecule has 6 heteroatoms. The van der Waals surface area contributed by atoms with Gasteiger partial charge in [0.25, 0.3) is 0 Å². The Morgan fingerprint density at radius 1 is 1.71 bits per heavy atom. The molecule has 14 heavy (non-hydrogen) atoms. The molecule has 74 valence electrons. The molecule has 6 nitrogen and oxygen atoms in total. The second-order valence-electron chi connectivity index (χ2n) is 3.11. The molecule has 1 aliphatic heterocycles. The van der Waals surface area contributed by atoms with Gasteiger partial charge >= 0.3 is 0 Å². The van der Waals surface area contributed by atoms with Gasteiger partial charge in [-0.05, 0) is 0 Å². The maximum atomic E-state index is 11.5. The Labute approximate surface area is 79.6 Å². The fourth-order valence-corrected chi connectivity index (χ4v) is 1.30. The van der Waals surface area contributed by atoms with E-state index < -0.39 is 0 Å². The molecule has 1 aromatic rings. The van der Waals surface area contributed by atoms with Crippen LogP contribution in [0.15, 0.2) is 17.0 Å². The molecule has 1 saturated heterocycles. The van der Waals surface area contributed by atoms with Crippen LogP contribution in [0.1, 0.15) is 6.42 Å². The van der Waals surface area contributed by atoms with Gasteiger partial charge in [0, 0.05) is 13.0 Å². The van der Waals surface area contributed by atoms with E-state index in [-0.39, 0.29) is 24.2 Å². The summed E-state index contributed by atoms with van der Waals surface area (Å²) in [5.74, 6) is -0.570. The maximum Gasteiger partial charge on any atom is 0.229 e. The minimum absolute atomic E-state index is 0.0875. The molecule has 1 unspecified atom stereocenters. The van der Waals surface area contributed by atoms with Crippen LogP contribution in [-0.2, 0) is 9.59 Å². The van der Waals surface area contributed by atoms with Crippen molar-refractivity contribution in [3.05, 3.63) is 12.5 Å². The first-order valence-corrected chi connectivity index (χ1v) is 4.22. The van der Waals surface area contributed by atoms with Gasteiger partial charge in [-0.15, -0.1) is 0 Å². The number of aromatic nitrogens is 1. The van der Waals surface area contributed by atoms with Gasteiger partial charge in [0.15, 0.2) is 0 Å². The van der Waals surface area contributed by atoms with Crippen molar-refractivity contribution < 1.29 is 14.1 Å². The fourth-order valence-electron chi connectivity index (χ4n) is 1.30. The lowest BCUT2D eigenvalue weighted by molar-refractivity contribution is -0.123. The third-order valence-corrected chi connectivity index (χ3v) is 2.05. The van der Waals surface area contributed by atoms with E-state index in [4.69, 9.17) is 0 Å². The maximum absolute atomic E-state index is 11.5. The molecule has 0 bridgehead atoms. The van der Waals surface area contributed by atoms with E-state index in [9.17, 15) is 9.59 Å². The summed E-state index contributed by atoms with van der Waals surface area (Å²) < 4.78 is 4.55. The van der Waals surface area contributed by atoms with Gasteiger partial charge in [-0.3, -0.25) is 9.59 Å². The van der Waals surface area contributed by atoms with Gasteiger partial charge in [0.05, 0.1) is 12.1 Å². The quantitative estimate of drug-likeness (QED) is 0.681. The molecule has 0 aromatic carbocycles. The molecule has 2 rings (SSSR count). The van der Waals surface area contributed by atoms with Crippen molar-refractivity contribution in [1.82, 2.24) is 10.5 Å². The fraction of sp³-hybridized carbons (Fsp3) is 0.375. The first kappa shape index (κ1) is 8.74. The average Bonchev–Trinajstić information content (AvgIpc) is 2.75. The molecule has 1 atom stereocenters. The second-order valence-corrected chi connectivity index (χ2v) is 3.11. The van der Waals surface area contributed by atoms with Crippen molar-refractivity contribution in [2.45, 2.75) is 6.42 Å². The van der Waals surface area contributed by atoms with Crippen LogP contribution < -0.4 is 10.6 Å². The second kappa shape index (κ2) is 3.49. The first-order chi connectivity index (χ1) is 6.75. The molecule has 2 N–H and O–H groups in total. The molecule has 0 saturated carbocycles. The summed E-state index contributed by atoms with van der Waals surface area (Å²) in [6.45, 7) is 0.399. The summed E-state index contributed by atoms with van der Waals surface area (Å²) in [5.41, 5.74) is 0.509. The smallest absolute Gasteiger partial charge is 0.229 e. The van der Waals surface area contributed by atoms with Crippen LogP contribution >= 0.6 is 0 Å². The van der Waals surface area contributed by atoms with E-state index >= 15 is 0 Å². The number of hydrogen-bond donors (Lipinski definition) is 2. The van der Waals surface area contributed by atoms with Crippen molar-refractivity contribution in [2.75, 3.05) is 11.9 Å². The Morgan fingerprint density at radius 2 is 2.57 bits per heavy atom. The number of hydrogen-bond acceptors (Lipinski definition) is 4. The van der Waals surface area contributed by atoms with Crippen molar-refractivity contribution >= 4 is 17.5 Å². The van der Waals surface area contributed by atoms with Crippen molar-refractivity contribution in [1.29, 1.82) is 0 Å². The molecular weight excluding hydrogens is 186 g/mol. The third-order valence-electron chi connectivity index (χ3n) is 2.05. The lowest BCUT2D eigenvalue weighted by Crippen LogP contribution is -2.24. The Balaban J connectivity index is 1.93. The zero-order chi connectivity index (χ0) is 9.97. The third kappa shape index (κ3) is 1.73. The number of amides is 2. The summed E-state index contributed by atoms with van der Waals surface area (Å²) in [4.78, 5) is 22.3. The van der Waals surface area contributed by atoms with Gasteiger partial charge in [-0.25, -0.2) is 0 Å². The van der Waals surface area contributed by atoms with Gasteiger partial charge in [-0.1, -0.05) is 5.16 Å². The molecule has 0 radical (unpaired) electrons. The topological polar surface area (TPSA) is 84.2 Å². The Bertz CT molecular complexity index is 347. The van der Waals surface area contributed by atoms with Crippen LogP contribution in [0.4, 0.5) is 5.69 Å². The first-order valence-electron chi connectivity index (χ1n) is 4.22. The van der Waals surface area contributed by atoms with E-state index in [2.05, 4.69) is 20.3 Å². The van der Waals surface area contributed by atoms with E-state index in [1.54, 1.807) is 0 Å². The van der Waals surface area contributed by atoms with Crippen molar-refractivity contribution in [2.24, 2.45) is 5.92 Å². The van der Waals surface area contributed by atoms with Crippen LogP contribution in [0.5, 0.6) is 0 Å². The highest BCUT2D eigenvalue weighted by atomic mass is 16.5. The minimum Gasteiger partial charge on any atom is -0.363 e. The Morgan fingerprint density at radius 3 is 3.14 bits per heavy atom. The minimum atomic E-state index is -0.294. The van der Waals surface area contributed by atoms with Gasteiger partial charge in [0.2, 0.25) is 11.8 Å². The van der Waals surface area contributed by atoms with Crippen LogP contribution in [0.25, 0.3) is 0 Å². The van der Waals surface area contributed by atoms with Crippen LogP contribution in [0.3, 0.4) is 0 Å². The predicted octanol–water partition coefficient (Wildman–Crippen LogP) is -0.251. The monoisotopic (exact) mass is 195 g/mol.